The van der Waals surface area contributed by atoms with E-state index in [9.17, 15) is 14.4 Å². The molecule has 1 aromatic rings. The molecule has 136 valence electrons. The Morgan fingerprint density at radius 2 is 1.76 bits per heavy atom. The van der Waals surface area contributed by atoms with Crippen LogP contribution in [-0.2, 0) is 16.6 Å². The summed E-state index contributed by atoms with van der Waals surface area (Å²) in [6.07, 6.45) is 1.37. The number of amides is 2. The minimum Gasteiger partial charge on any atom is -0.368 e. The van der Waals surface area contributed by atoms with Gasteiger partial charge in [0, 0.05) is 45.5 Å². The van der Waals surface area contributed by atoms with E-state index in [0.717, 1.165) is 18.5 Å². The maximum Gasteiger partial charge on any atom is 0.263 e. The molecule has 7 heteroatoms. The summed E-state index contributed by atoms with van der Waals surface area (Å²) in [6.45, 7) is 6.12. The summed E-state index contributed by atoms with van der Waals surface area (Å²) < 4.78 is 6.95. The van der Waals surface area contributed by atoms with Crippen LogP contribution in [0.1, 0.15) is 34.5 Å². The van der Waals surface area contributed by atoms with Crippen LogP contribution in [0.25, 0.3) is 0 Å². The minimum atomic E-state index is -0.325. The summed E-state index contributed by atoms with van der Waals surface area (Å²) >= 11 is 0. The number of hydrogen-bond acceptors (Lipinski definition) is 4. The molecule has 1 aromatic heterocycles. The number of carbonyl (C=O) groups is 2. The van der Waals surface area contributed by atoms with Gasteiger partial charge in [-0.1, -0.05) is 0 Å². The Hall–Kier alpha value is -2.15. The average Bonchev–Trinajstić information content (AvgIpc) is 3.14. The normalized spacial score (nSPS) is 20.8. The molecule has 2 aliphatic heterocycles. The number of piperazine rings is 1. The zero-order chi connectivity index (χ0) is 18.1. The number of aryl methyl sites for hydroxylation is 2. The van der Waals surface area contributed by atoms with E-state index in [2.05, 4.69) is 0 Å². The van der Waals surface area contributed by atoms with Gasteiger partial charge in [0.2, 0.25) is 0 Å². The Labute approximate surface area is 147 Å². The van der Waals surface area contributed by atoms with Crippen LogP contribution in [0.15, 0.2) is 10.9 Å². The van der Waals surface area contributed by atoms with Crippen molar-refractivity contribution < 1.29 is 14.3 Å². The highest BCUT2D eigenvalue weighted by Crippen LogP contribution is 2.17. The molecule has 3 rings (SSSR count). The van der Waals surface area contributed by atoms with Crippen LogP contribution in [-0.4, -0.2) is 65.1 Å². The summed E-state index contributed by atoms with van der Waals surface area (Å²) in [6, 6.07) is 1.85. The molecule has 2 saturated heterocycles. The maximum atomic E-state index is 12.8. The molecule has 0 saturated carbocycles. The molecule has 0 aliphatic carbocycles. The van der Waals surface area contributed by atoms with Crippen molar-refractivity contribution in [1.29, 1.82) is 0 Å². The van der Waals surface area contributed by atoms with E-state index >= 15 is 0 Å². The van der Waals surface area contributed by atoms with E-state index in [1.165, 1.54) is 4.57 Å². The monoisotopic (exact) mass is 347 g/mol. The fourth-order valence-corrected chi connectivity index (χ4v) is 3.50. The van der Waals surface area contributed by atoms with Gasteiger partial charge in [-0.15, -0.1) is 0 Å². The highest BCUT2D eigenvalue weighted by atomic mass is 16.5. The Balaban J connectivity index is 1.69. The molecule has 1 atom stereocenters. The average molecular weight is 347 g/mol. The Bertz CT molecular complexity index is 741. The third-order valence-electron chi connectivity index (χ3n) is 5.16. The van der Waals surface area contributed by atoms with Crippen LogP contribution in [0.3, 0.4) is 0 Å². The summed E-state index contributed by atoms with van der Waals surface area (Å²) in [7, 11) is 1.67. The first-order valence-corrected chi connectivity index (χ1v) is 8.77. The van der Waals surface area contributed by atoms with Crippen molar-refractivity contribution in [3.63, 3.8) is 0 Å². The van der Waals surface area contributed by atoms with Gasteiger partial charge in [0.25, 0.3) is 17.4 Å². The topological polar surface area (TPSA) is 71.9 Å². The first kappa shape index (κ1) is 17.7. The lowest BCUT2D eigenvalue weighted by Crippen LogP contribution is -2.53. The Morgan fingerprint density at radius 3 is 2.36 bits per heavy atom. The lowest BCUT2D eigenvalue weighted by atomic mass is 10.1. The lowest BCUT2D eigenvalue weighted by molar-refractivity contribution is -0.142. The molecule has 2 fully saturated rings. The van der Waals surface area contributed by atoms with Crippen molar-refractivity contribution in [3.8, 4) is 0 Å². The molecular formula is C18H25N3O4. The lowest BCUT2D eigenvalue weighted by Gasteiger charge is -2.35. The number of nitrogens with zero attached hydrogens (tertiary/aromatic N) is 3. The van der Waals surface area contributed by atoms with E-state index < -0.39 is 0 Å². The van der Waals surface area contributed by atoms with Crippen LogP contribution in [0.5, 0.6) is 0 Å². The van der Waals surface area contributed by atoms with Crippen molar-refractivity contribution in [2.75, 3.05) is 32.8 Å². The molecule has 7 nitrogen and oxygen atoms in total. The summed E-state index contributed by atoms with van der Waals surface area (Å²) in [5, 5.41) is 0. The van der Waals surface area contributed by atoms with Gasteiger partial charge in [-0.3, -0.25) is 14.4 Å². The second-order valence-electron chi connectivity index (χ2n) is 6.83. The molecule has 25 heavy (non-hydrogen) atoms. The fourth-order valence-electron chi connectivity index (χ4n) is 3.50. The molecule has 0 bridgehead atoms. The molecule has 2 amide bonds. The number of pyridine rings is 1. The van der Waals surface area contributed by atoms with E-state index in [-0.39, 0.29) is 29.0 Å². The summed E-state index contributed by atoms with van der Waals surface area (Å²) in [5.41, 5.74) is 1.49. The highest BCUT2D eigenvalue weighted by Gasteiger charge is 2.32. The van der Waals surface area contributed by atoms with Gasteiger partial charge in [0.1, 0.15) is 11.7 Å². The van der Waals surface area contributed by atoms with E-state index in [1.807, 2.05) is 13.0 Å². The molecule has 0 unspecified atom stereocenters. The zero-order valence-corrected chi connectivity index (χ0v) is 15.1. The second kappa shape index (κ2) is 7.00. The molecule has 2 aliphatic rings. The first-order valence-electron chi connectivity index (χ1n) is 8.77. The van der Waals surface area contributed by atoms with Crippen LogP contribution < -0.4 is 5.56 Å². The van der Waals surface area contributed by atoms with E-state index in [4.69, 9.17) is 4.74 Å². The molecule has 0 spiro atoms. The smallest absolute Gasteiger partial charge is 0.263 e. The first-order chi connectivity index (χ1) is 11.9. The molecule has 0 radical (unpaired) electrons. The third-order valence-corrected chi connectivity index (χ3v) is 5.16. The number of aromatic nitrogens is 1. The Kier molecular flexibility index (Phi) is 4.94. The van der Waals surface area contributed by atoms with Crippen LogP contribution in [0.4, 0.5) is 0 Å². The van der Waals surface area contributed by atoms with E-state index in [1.54, 1.807) is 23.8 Å². The van der Waals surface area contributed by atoms with Crippen molar-refractivity contribution in [2.45, 2.75) is 32.8 Å². The molecular weight excluding hydrogens is 322 g/mol. The van der Waals surface area contributed by atoms with Crippen LogP contribution in [0.2, 0.25) is 0 Å². The van der Waals surface area contributed by atoms with Gasteiger partial charge in [-0.25, -0.2) is 0 Å². The van der Waals surface area contributed by atoms with Crippen LogP contribution >= 0.6 is 0 Å². The third kappa shape index (κ3) is 3.33. The molecule has 3 heterocycles. The van der Waals surface area contributed by atoms with Gasteiger partial charge in [0.05, 0.1) is 0 Å². The Morgan fingerprint density at radius 1 is 1.12 bits per heavy atom. The van der Waals surface area contributed by atoms with Crippen molar-refractivity contribution in [2.24, 2.45) is 7.05 Å². The predicted octanol–water partition coefficient (Wildman–Crippen LogP) is 0.466. The highest BCUT2D eigenvalue weighted by molar-refractivity contribution is 5.95. The number of ether oxygens (including phenoxy) is 1. The fraction of sp³-hybridized carbons (Fsp3) is 0.611. The number of carbonyl (C=O) groups excluding carboxylic acids is 2. The quantitative estimate of drug-likeness (QED) is 0.779. The second-order valence-corrected chi connectivity index (χ2v) is 6.83. The maximum absolute atomic E-state index is 12.8. The SMILES string of the molecule is Cc1cc(C)n(C)c(=O)c1C(=O)N1CCN(C(=O)[C@@H]2CCCO2)CC1. The van der Waals surface area contributed by atoms with Gasteiger partial charge in [0.15, 0.2) is 0 Å². The van der Waals surface area contributed by atoms with Gasteiger partial charge in [-0.05, 0) is 38.3 Å². The standard InChI is InChI=1S/C18H25N3O4/c1-12-11-13(2)19(3)17(23)15(12)18(24)21-8-6-20(7-9-21)16(22)14-5-4-10-25-14/h11,14H,4-10H2,1-3H3/t14-/m0/s1. The molecule has 0 N–H and O–H groups in total. The van der Waals surface area contributed by atoms with E-state index in [0.29, 0.717) is 38.3 Å². The zero-order valence-electron chi connectivity index (χ0n) is 15.1. The summed E-state index contributed by atoms with van der Waals surface area (Å²) in [5.74, 6) is -0.227. The molecule has 0 aromatic carbocycles. The van der Waals surface area contributed by atoms with Crippen molar-refractivity contribution >= 4 is 11.8 Å². The summed E-state index contributed by atoms with van der Waals surface area (Å²) in [4.78, 5) is 41.1. The van der Waals surface area contributed by atoms with Crippen molar-refractivity contribution in [1.82, 2.24) is 14.4 Å². The van der Waals surface area contributed by atoms with Gasteiger partial charge in [-0.2, -0.15) is 0 Å². The van der Waals surface area contributed by atoms with Crippen LogP contribution in [0, 0.1) is 13.8 Å². The van der Waals surface area contributed by atoms with Gasteiger partial charge >= 0.3 is 0 Å². The van der Waals surface area contributed by atoms with Crippen molar-refractivity contribution in [3.05, 3.63) is 33.2 Å². The largest absolute Gasteiger partial charge is 0.368 e. The predicted molar refractivity (Wildman–Crippen MR) is 92.6 cm³/mol. The number of rotatable bonds is 2. The minimum absolute atomic E-state index is 0.0204. The number of hydrogen-bond donors (Lipinski definition) is 0. The van der Waals surface area contributed by atoms with Gasteiger partial charge < -0.3 is 19.1 Å².